The fraction of sp³-hybridized carbons (Fsp3) is 0.333. The number of hydrogen-bond acceptors (Lipinski definition) is 5. The fourth-order valence-electron chi connectivity index (χ4n) is 2.99. The number of hydrogen-bond donors (Lipinski definition) is 0. The predicted molar refractivity (Wildman–Crippen MR) is 96.6 cm³/mol. The molecule has 5 heteroatoms. The summed E-state index contributed by atoms with van der Waals surface area (Å²) >= 11 is 3.61. The van der Waals surface area contributed by atoms with Crippen LogP contribution >= 0.6 is 23.1 Å². The third-order valence-electron chi connectivity index (χ3n) is 4.04. The van der Waals surface area contributed by atoms with Crippen LogP contribution in [0.2, 0.25) is 0 Å². The van der Waals surface area contributed by atoms with Crippen LogP contribution in [0.5, 0.6) is 5.75 Å². The van der Waals surface area contributed by atoms with Crippen molar-refractivity contribution < 1.29 is 4.74 Å². The second kappa shape index (κ2) is 6.49. The first-order chi connectivity index (χ1) is 11.3. The van der Waals surface area contributed by atoms with Crippen molar-refractivity contribution in [2.75, 3.05) is 6.61 Å². The molecule has 0 saturated carbocycles. The minimum Gasteiger partial charge on any atom is -0.494 e. The van der Waals surface area contributed by atoms with Gasteiger partial charge in [0.1, 0.15) is 5.75 Å². The highest BCUT2D eigenvalue weighted by Crippen LogP contribution is 2.44. The Morgan fingerprint density at radius 1 is 1.35 bits per heavy atom. The van der Waals surface area contributed by atoms with Crippen molar-refractivity contribution in [2.24, 2.45) is 0 Å². The molecule has 1 aromatic carbocycles. The number of nitrogens with zero attached hydrogens (tertiary/aromatic N) is 2. The van der Waals surface area contributed by atoms with Gasteiger partial charge in [0.15, 0.2) is 4.34 Å². The van der Waals surface area contributed by atoms with Crippen LogP contribution in [-0.2, 0) is 6.42 Å². The Balaban J connectivity index is 1.61. The van der Waals surface area contributed by atoms with Crippen molar-refractivity contribution in [1.82, 2.24) is 9.97 Å². The lowest BCUT2D eigenvalue weighted by Gasteiger charge is -2.22. The zero-order chi connectivity index (χ0) is 15.6. The summed E-state index contributed by atoms with van der Waals surface area (Å²) in [5, 5.41) is 0.423. The van der Waals surface area contributed by atoms with Crippen LogP contribution in [0.4, 0.5) is 0 Å². The quantitative estimate of drug-likeness (QED) is 0.648. The van der Waals surface area contributed by atoms with E-state index < -0.39 is 0 Å². The Morgan fingerprint density at radius 3 is 3.22 bits per heavy atom. The summed E-state index contributed by atoms with van der Waals surface area (Å²) < 4.78 is 7.89. The van der Waals surface area contributed by atoms with Crippen LogP contribution in [0.15, 0.2) is 40.9 Å². The smallest absolute Gasteiger partial charge is 0.151 e. The highest BCUT2D eigenvalue weighted by molar-refractivity contribution is 8.01. The van der Waals surface area contributed by atoms with E-state index in [0.717, 1.165) is 22.0 Å². The third-order valence-corrected chi connectivity index (χ3v) is 6.43. The molecule has 0 radical (unpaired) electrons. The lowest BCUT2D eigenvalue weighted by atomic mass is 9.96. The Hall–Kier alpha value is -1.59. The van der Waals surface area contributed by atoms with Crippen LogP contribution in [0, 0.1) is 0 Å². The molecule has 23 heavy (non-hydrogen) atoms. The van der Waals surface area contributed by atoms with E-state index in [9.17, 15) is 0 Å². The fourth-order valence-corrected chi connectivity index (χ4v) is 5.53. The first kappa shape index (κ1) is 15.0. The second-order valence-corrected chi connectivity index (χ2v) is 8.07. The topological polar surface area (TPSA) is 35.0 Å². The summed E-state index contributed by atoms with van der Waals surface area (Å²) in [5.74, 6) is 0.921. The van der Waals surface area contributed by atoms with Crippen LogP contribution in [0.25, 0.3) is 10.2 Å². The number of thioether (sulfide) groups is 1. The van der Waals surface area contributed by atoms with Gasteiger partial charge in [-0.25, -0.2) is 4.98 Å². The molecule has 2 heterocycles. The minimum absolute atomic E-state index is 0.423. The van der Waals surface area contributed by atoms with Gasteiger partial charge in [0.2, 0.25) is 0 Å². The highest BCUT2D eigenvalue weighted by atomic mass is 32.2. The van der Waals surface area contributed by atoms with Crippen molar-refractivity contribution in [3.8, 4) is 5.75 Å². The van der Waals surface area contributed by atoms with Crippen LogP contribution in [0.3, 0.4) is 0 Å². The molecule has 1 unspecified atom stereocenters. The average molecular weight is 342 g/mol. The summed E-state index contributed by atoms with van der Waals surface area (Å²) in [6.45, 7) is 2.70. The molecule has 1 atom stereocenters. The number of thiazole rings is 1. The van der Waals surface area contributed by atoms with E-state index >= 15 is 0 Å². The Morgan fingerprint density at radius 2 is 2.30 bits per heavy atom. The molecule has 0 fully saturated rings. The van der Waals surface area contributed by atoms with E-state index in [2.05, 4.69) is 17.1 Å². The number of aromatic nitrogens is 2. The molecule has 1 aliphatic carbocycles. The summed E-state index contributed by atoms with van der Waals surface area (Å²) in [6.07, 6.45) is 5.47. The zero-order valence-electron chi connectivity index (χ0n) is 13.0. The van der Waals surface area contributed by atoms with Crippen LogP contribution in [-0.4, -0.2) is 16.6 Å². The van der Waals surface area contributed by atoms with Crippen molar-refractivity contribution in [2.45, 2.75) is 35.8 Å². The SMILES string of the molecule is CCOc1ccc2nc(SC3CCCc4cccnc43)sc2c1. The number of pyridine rings is 1. The van der Waals surface area contributed by atoms with Gasteiger partial charge >= 0.3 is 0 Å². The molecule has 0 N–H and O–H groups in total. The molecule has 0 saturated heterocycles. The van der Waals surface area contributed by atoms with Gasteiger partial charge in [0, 0.05) is 6.20 Å². The second-order valence-electron chi connectivity index (χ2n) is 5.59. The van der Waals surface area contributed by atoms with Crippen LogP contribution in [0.1, 0.15) is 36.3 Å². The maximum atomic E-state index is 5.58. The van der Waals surface area contributed by atoms with Crippen molar-refractivity contribution in [3.05, 3.63) is 47.8 Å². The Kier molecular flexibility index (Phi) is 4.23. The van der Waals surface area contributed by atoms with E-state index in [1.165, 1.54) is 28.8 Å². The number of fused-ring (bicyclic) bond motifs is 2. The van der Waals surface area contributed by atoms with Crippen molar-refractivity contribution in [1.29, 1.82) is 0 Å². The molecular weight excluding hydrogens is 324 g/mol. The lowest BCUT2D eigenvalue weighted by molar-refractivity contribution is 0.341. The van der Waals surface area contributed by atoms with Gasteiger partial charge in [-0.1, -0.05) is 17.8 Å². The predicted octanol–water partition coefficient (Wildman–Crippen LogP) is 5.26. The summed E-state index contributed by atoms with van der Waals surface area (Å²) in [6, 6.07) is 10.4. The molecule has 0 bridgehead atoms. The number of ether oxygens (including phenoxy) is 1. The molecule has 118 valence electrons. The molecule has 4 rings (SSSR count). The van der Waals surface area contributed by atoms with Gasteiger partial charge < -0.3 is 4.74 Å². The van der Waals surface area contributed by atoms with Crippen molar-refractivity contribution in [3.63, 3.8) is 0 Å². The van der Waals surface area contributed by atoms with Gasteiger partial charge in [0.05, 0.1) is 27.8 Å². The summed E-state index contributed by atoms with van der Waals surface area (Å²) in [4.78, 5) is 9.40. The van der Waals surface area contributed by atoms with E-state index in [4.69, 9.17) is 9.72 Å². The average Bonchev–Trinajstić information content (AvgIpc) is 2.97. The van der Waals surface area contributed by atoms with Crippen LogP contribution < -0.4 is 4.74 Å². The normalized spacial score (nSPS) is 17.2. The van der Waals surface area contributed by atoms with E-state index in [1.54, 1.807) is 11.3 Å². The van der Waals surface area contributed by atoms with E-state index in [-0.39, 0.29) is 0 Å². The molecule has 2 aromatic heterocycles. The van der Waals surface area contributed by atoms with Crippen molar-refractivity contribution >= 4 is 33.3 Å². The van der Waals surface area contributed by atoms with Gasteiger partial charge in [-0.2, -0.15) is 0 Å². The molecule has 0 spiro atoms. The molecule has 0 amide bonds. The van der Waals surface area contributed by atoms with Gasteiger partial charge in [0.25, 0.3) is 0 Å². The molecule has 3 aromatic rings. The highest BCUT2D eigenvalue weighted by Gasteiger charge is 2.23. The van der Waals surface area contributed by atoms with E-state index in [0.29, 0.717) is 11.9 Å². The standard InChI is InChI=1S/C18H18N2OS2/c1-2-21-13-8-9-14-16(11-13)23-18(20-14)22-15-7-3-5-12-6-4-10-19-17(12)15/h4,6,8-11,15H,2-3,5,7H2,1H3. The maximum absolute atomic E-state index is 5.58. The molecule has 0 aliphatic heterocycles. The number of aryl methyl sites for hydroxylation is 1. The van der Waals surface area contributed by atoms with Gasteiger partial charge in [-0.3, -0.25) is 4.98 Å². The Labute approximate surface area is 144 Å². The summed E-state index contributed by atoms with van der Waals surface area (Å²) in [5.41, 5.74) is 3.70. The zero-order valence-corrected chi connectivity index (χ0v) is 14.6. The molecule has 3 nitrogen and oxygen atoms in total. The molecule has 1 aliphatic rings. The number of rotatable bonds is 4. The summed E-state index contributed by atoms with van der Waals surface area (Å²) in [7, 11) is 0. The largest absolute Gasteiger partial charge is 0.494 e. The van der Waals surface area contributed by atoms with E-state index in [1.807, 2.05) is 43.1 Å². The first-order valence-electron chi connectivity index (χ1n) is 7.97. The Bertz CT molecular complexity index is 831. The monoisotopic (exact) mass is 342 g/mol. The van der Waals surface area contributed by atoms with Gasteiger partial charge in [-0.05, 0) is 56.0 Å². The third kappa shape index (κ3) is 3.08. The maximum Gasteiger partial charge on any atom is 0.151 e. The number of benzene rings is 1. The molecular formula is C18H18N2OS2. The van der Waals surface area contributed by atoms with Gasteiger partial charge in [-0.15, -0.1) is 11.3 Å². The first-order valence-corrected chi connectivity index (χ1v) is 9.67. The minimum atomic E-state index is 0.423. The lowest BCUT2D eigenvalue weighted by Crippen LogP contribution is -2.08.